The van der Waals surface area contributed by atoms with Crippen molar-refractivity contribution in [3.63, 3.8) is 0 Å². The van der Waals surface area contributed by atoms with Crippen molar-refractivity contribution in [3.8, 4) is 6.07 Å². The number of sulfone groups is 1. The molecule has 6 heteroatoms. The summed E-state index contributed by atoms with van der Waals surface area (Å²) >= 11 is 0. The average Bonchev–Trinajstić information content (AvgIpc) is 2.47. The molecule has 0 unspecified atom stereocenters. The van der Waals surface area contributed by atoms with Crippen molar-refractivity contribution in [1.82, 2.24) is 4.90 Å². The van der Waals surface area contributed by atoms with E-state index in [1.807, 2.05) is 36.1 Å². The first kappa shape index (κ1) is 14.8. The monoisotopic (exact) mass is 316 g/mol. The van der Waals surface area contributed by atoms with E-state index in [-0.39, 0.29) is 29.3 Å². The number of carbonyl (C=O) groups excluding carboxylic acids is 1. The molecule has 3 rings (SSSR count). The molecule has 0 atom stereocenters. The Morgan fingerprint density at radius 1 is 1.23 bits per heavy atom. The molecule has 1 fully saturated rings. The summed E-state index contributed by atoms with van der Waals surface area (Å²) in [6.07, 6.45) is 0.230. The van der Waals surface area contributed by atoms with E-state index in [1.54, 1.807) is 0 Å². The lowest BCUT2D eigenvalue weighted by atomic mass is 9.87. The Morgan fingerprint density at radius 2 is 1.91 bits per heavy atom. The SMILES string of the molecule is Cc1ccc2c(c1)C(N1CCS(=O)(=O)CC1)=C(C#N)C(=O)C2. The smallest absolute Gasteiger partial charge is 0.179 e. The van der Waals surface area contributed by atoms with E-state index in [2.05, 4.69) is 0 Å². The molecule has 0 spiro atoms. The highest BCUT2D eigenvalue weighted by atomic mass is 32.2. The summed E-state index contributed by atoms with van der Waals surface area (Å²) < 4.78 is 23.2. The topological polar surface area (TPSA) is 78.2 Å². The van der Waals surface area contributed by atoms with Crippen molar-refractivity contribution >= 4 is 21.3 Å². The minimum atomic E-state index is -3.01. The summed E-state index contributed by atoms with van der Waals surface area (Å²) in [7, 11) is -3.01. The zero-order valence-electron chi connectivity index (χ0n) is 12.3. The molecule has 22 heavy (non-hydrogen) atoms. The van der Waals surface area contributed by atoms with Crippen LogP contribution in [0, 0.1) is 18.3 Å². The Balaban J connectivity index is 2.12. The van der Waals surface area contributed by atoms with Crippen molar-refractivity contribution < 1.29 is 13.2 Å². The number of fused-ring (bicyclic) bond motifs is 1. The Bertz CT molecular complexity index is 817. The average molecular weight is 316 g/mol. The number of aryl methyl sites for hydroxylation is 1. The predicted octanol–water partition coefficient (Wildman–Crippen LogP) is 1.09. The minimum absolute atomic E-state index is 0.0601. The Labute approximate surface area is 129 Å². The van der Waals surface area contributed by atoms with Crippen LogP contribution in [0.5, 0.6) is 0 Å². The second-order valence-corrected chi connectivity index (χ2v) is 8.04. The molecule has 0 amide bonds. The van der Waals surface area contributed by atoms with Gasteiger partial charge in [-0.1, -0.05) is 17.7 Å². The number of nitrogens with zero attached hydrogens (tertiary/aromatic N) is 2. The van der Waals surface area contributed by atoms with E-state index in [0.717, 1.165) is 16.7 Å². The van der Waals surface area contributed by atoms with Gasteiger partial charge in [-0.05, 0) is 18.6 Å². The Morgan fingerprint density at radius 3 is 2.55 bits per heavy atom. The fourth-order valence-corrected chi connectivity index (χ4v) is 4.17. The van der Waals surface area contributed by atoms with E-state index in [9.17, 15) is 18.5 Å². The number of ketones is 1. The maximum atomic E-state index is 12.2. The molecule has 1 aromatic carbocycles. The van der Waals surface area contributed by atoms with Crippen molar-refractivity contribution in [2.24, 2.45) is 0 Å². The first-order valence-corrected chi connectivity index (χ1v) is 8.96. The maximum Gasteiger partial charge on any atom is 0.179 e. The third kappa shape index (κ3) is 2.53. The van der Waals surface area contributed by atoms with Crippen LogP contribution in [0.25, 0.3) is 5.70 Å². The number of benzene rings is 1. The standard InChI is InChI=1S/C16H16N2O3S/c1-11-2-3-12-9-15(19)14(10-17)16(13(12)8-11)18-4-6-22(20,21)7-5-18/h2-3,8H,4-7,9H2,1H3. The summed E-state index contributed by atoms with van der Waals surface area (Å²) in [4.78, 5) is 14.1. The van der Waals surface area contributed by atoms with Crippen LogP contribution in [0.3, 0.4) is 0 Å². The second kappa shape index (κ2) is 5.25. The van der Waals surface area contributed by atoms with Gasteiger partial charge in [0.05, 0.1) is 17.2 Å². The predicted molar refractivity (Wildman–Crippen MR) is 82.6 cm³/mol. The number of nitriles is 1. The summed E-state index contributed by atoms with van der Waals surface area (Å²) in [5.41, 5.74) is 3.59. The zero-order chi connectivity index (χ0) is 15.9. The first-order chi connectivity index (χ1) is 10.4. The van der Waals surface area contributed by atoms with E-state index in [1.165, 1.54) is 0 Å². The van der Waals surface area contributed by atoms with E-state index in [4.69, 9.17) is 0 Å². The van der Waals surface area contributed by atoms with Crippen LogP contribution in [-0.4, -0.2) is 43.7 Å². The molecule has 1 aliphatic carbocycles. The molecule has 0 aromatic heterocycles. The molecule has 1 saturated heterocycles. The van der Waals surface area contributed by atoms with Gasteiger partial charge in [0, 0.05) is 25.1 Å². The van der Waals surface area contributed by atoms with Crippen LogP contribution in [0.15, 0.2) is 23.8 Å². The fourth-order valence-electron chi connectivity index (χ4n) is 2.97. The molecule has 1 heterocycles. The van der Waals surface area contributed by atoms with Gasteiger partial charge in [0.2, 0.25) is 0 Å². The van der Waals surface area contributed by atoms with E-state index in [0.29, 0.717) is 18.8 Å². The highest BCUT2D eigenvalue weighted by Gasteiger charge is 2.32. The Kier molecular flexibility index (Phi) is 3.53. The fraction of sp³-hybridized carbons (Fsp3) is 0.375. The van der Waals surface area contributed by atoms with Crippen LogP contribution in [0.1, 0.15) is 16.7 Å². The van der Waals surface area contributed by atoms with Gasteiger partial charge in [-0.25, -0.2) is 8.42 Å². The second-order valence-electron chi connectivity index (χ2n) is 5.73. The number of hydrogen-bond acceptors (Lipinski definition) is 5. The van der Waals surface area contributed by atoms with Crippen molar-refractivity contribution in [3.05, 3.63) is 40.5 Å². The first-order valence-electron chi connectivity index (χ1n) is 7.14. The molecule has 1 aliphatic heterocycles. The number of rotatable bonds is 1. The molecule has 114 valence electrons. The quantitative estimate of drug-likeness (QED) is 0.775. The molecule has 0 saturated carbocycles. The molecule has 1 aromatic rings. The number of Topliss-reactive ketones (excluding diaryl/α,β-unsaturated/α-hetero) is 1. The summed E-state index contributed by atoms with van der Waals surface area (Å²) in [6.45, 7) is 2.61. The Hall–Kier alpha value is -2.13. The third-order valence-corrected chi connectivity index (χ3v) is 5.77. The zero-order valence-corrected chi connectivity index (χ0v) is 13.1. The molecule has 2 aliphatic rings. The van der Waals surface area contributed by atoms with Gasteiger partial charge in [-0.3, -0.25) is 4.79 Å². The summed E-state index contributed by atoms with van der Waals surface area (Å²) in [6, 6.07) is 7.85. The number of carbonyl (C=O) groups is 1. The van der Waals surface area contributed by atoms with Gasteiger partial charge in [0.1, 0.15) is 11.6 Å². The van der Waals surface area contributed by atoms with Crippen LogP contribution >= 0.6 is 0 Å². The molecular weight excluding hydrogens is 300 g/mol. The van der Waals surface area contributed by atoms with Crippen LogP contribution < -0.4 is 0 Å². The summed E-state index contributed by atoms with van der Waals surface area (Å²) in [5.74, 6) is -0.0722. The minimum Gasteiger partial charge on any atom is -0.368 e. The lowest BCUT2D eigenvalue weighted by molar-refractivity contribution is -0.114. The normalized spacial score (nSPS) is 20.5. The molecule has 0 bridgehead atoms. The third-order valence-electron chi connectivity index (χ3n) is 4.16. The van der Waals surface area contributed by atoms with Gasteiger partial charge in [0.15, 0.2) is 15.6 Å². The highest BCUT2D eigenvalue weighted by molar-refractivity contribution is 7.91. The largest absolute Gasteiger partial charge is 0.368 e. The lowest BCUT2D eigenvalue weighted by Crippen LogP contribution is -2.40. The van der Waals surface area contributed by atoms with Gasteiger partial charge < -0.3 is 4.90 Å². The maximum absolute atomic E-state index is 12.2. The van der Waals surface area contributed by atoms with Gasteiger partial charge in [-0.15, -0.1) is 0 Å². The van der Waals surface area contributed by atoms with Crippen LogP contribution in [0.2, 0.25) is 0 Å². The summed E-state index contributed by atoms with van der Waals surface area (Å²) in [5, 5.41) is 9.39. The van der Waals surface area contributed by atoms with Gasteiger partial charge in [0.25, 0.3) is 0 Å². The van der Waals surface area contributed by atoms with Crippen molar-refractivity contribution in [2.75, 3.05) is 24.6 Å². The van der Waals surface area contributed by atoms with Crippen LogP contribution in [-0.2, 0) is 21.1 Å². The van der Waals surface area contributed by atoms with E-state index >= 15 is 0 Å². The van der Waals surface area contributed by atoms with Gasteiger partial charge in [-0.2, -0.15) is 5.26 Å². The highest BCUT2D eigenvalue weighted by Crippen LogP contribution is 2.33. The number of allylic oxidation sites excluding steroid dienone is 1. The molecule has 0 N–H and O–H groups in total. The van der Waals surface area contributed by atoms with Crippen LogP contribution in [0.4, 0.5) is 0 Å². The molecular formula is C16H16N2O3S. The van der Waals surface area contributed by atoms with Gasteiger partial charge >= 0.3 is 0 Å². The molecule has 0 radical (unpaired) electrons. The molecule has 5 nitrogen and oxygen atoms in total. The van der Waals surface area contributed by atoms with Crippen molar-refractivity contribution in [1.29, 1.82) is 5.26 Å². The van der Waals surface area contributed by atoms with Crippen molar-refractivity contribution in [2.45, 2.75) is 13.3 Å². The number of hydrogen-bond donors (Lipinski definition) is 0. The lowest BCUT2D eigenvalue weighted by Gasteiger charge is -2.34. The van der Waals surface area contributed by atoms with E-state index < -0.39 is 9.84 Å².